The molecule has 7 heteroatoms. The summed E-state index contributed by atoms with van der Waals surface area (Å²) in [6.07, 6.45) is 6.42. The maximum Gasteiger partial charge on any atom is 0.254 e. The number of benzene rings is 1. The highest BCUT2D eigenvalue weighted by molar-refractivity contribution is 5.94. The van der Waals surface area contributed by atoms with E-state index in [2.05, 4.69) is 5.32 Å². The number of likely N-dealkylation sites (tertiary alicyclic amines) is 1. The van der Waals surface area contributed by atoms with E-state index in [1.165, 1.54) is 6.42 Å². The van der Waals surface area contributed by atoms with Crippen LogP contribution >= 0.6 is 0 Å². The van der Waals surface area contributed by atoms with Crippen LogP contribution in [0.1, 0.15) is 55.3 Å². The van der Waals surface area contributed by atoms with Gasteiger partial charge in [0.05, 0.1) is 5.56 Å². The molecule has 2 aliphatic rings. The van der Waals surface area contributed by atoms with E-state index >= 15 is 0 Å². The lowest BCUT2D eigenvalue weighted by atomic mass is 9.87. The fourth-order valence-electron chi connectivity index (χ4n) is 3.82. The van der Waals surface area contributed by atoms with Crippen molar-refractivity contribution in [3.63, 3.8) is 0 Å². The zero-order chi connectivity index (χ0) is 18.7. The lowest BCUT2D eigenvalue weighted by molar-refractivity contribution is -0.137. The first-order valence-corrected chi connectivity index (χ1v) is 9.20. The van der Waals surface area contributed by atoms with E-state index < -0.39 is 28.9 Å². The second kappa shape index (κ2) is 8.10. The zero-order valence-electron chi connectivity index (χ0n) is 14.6. The molecule has 0 atom stereocenters. The van der Waals surface area contributed by atoms with Crippen molar-refractivity contribution in [1.82, 2.24) is 10.2 Å². The van der Waals surface area contributed by atoms with Crippen LogP contribution in [0.4, 0.5) is 13.2 Å². The third kappa shape index (κ3) is 4.02. The lowest BCUT2D eigenvalue weighted by Gasteiger charge is -2.35. The van der Waals surface area contributed by atoms with Gasteiger partial charge in [-0.1, -0.05) is 19.3 Å². The first kappa shape index (κ1) is 18.7. The summed E-state index contributed by atoms with van der Waals surface area (Å²) < 4.78 is 40.0. The van der Waals surface area contributed by atoms with Crippen molar-refractivity contribution < 1.29 is 22.8 Å². The van der Waals surface area contributed by atoms with Crippen molar-refractivity contribution in [2.24, 2.45) is 5.92 Å². The summed E-state index contributed by atoms with van der Waals surface area (Å²) in [6, 6.07) is 1.45. The van der Waals surface area contributed by atoms with Crippen molar-refractivity contribution in [3.05, 3.63) is 35.1 Å². The van der Waals surface area contributed by atoms with Gasteiger partial charge < -0.3 is 10.2 Å². The fraction of sp³-hybridized carbons (Fsp3) is 0.579. The van der Waals surface area contributed by atoms with Gasteiger partial charge in [0.1, 0.15) is 0 Å². The molecule has 0 aromatic heterocycles. The van der Waals surface area contributed by atoms with Crippen molar-refractivity contribution in [1.29, 1.82) is 0 Å². The number of piperidine rings is 1. The van der Waals surface area contributed by atoms with Crippen LogP contribution in [-0.2, 0) is 4.79 Å². The molecule has 2 fully saturated rings. The Labute approximate surface area is 150 Å². The first-order chi connectivity index (χ1) is 12.5. The fourth-order valence-corrected chi connectivity index (χ4v) is 3.82. The molecule has 1 saturated heterocycles. The highest BCUT2D eigenvalue weighted by Crippen LogP contribution is 2.26. The second-order valence-electron chi connectivity index (χ2n) is 7.13. The average Bonchev–Trinajstić information content (AvgIpc) is 2.67. The third-order valence-corrected chi connectivity index (χ3v) is 5.38. The molecule has 1 aromatic carbocycles. The Kier molecular flexibility index (Phi) is 5.84. The van der Waals surface area contributed by atoms with Crippen LogP contribution in [0, 0.1) is 23.4 Å². The maximum absolute atomic E-state index is 13.7. The van der Waals surface area contributed by atoms with Crippen molar-refractivity contribution in [3.8, 4) is 0 Å². The summed E-state index contributed by atoms with van der Waals surface area (Å²) in [5.41, 5.74) is -0.510. The summed E-state index contributed by atoms with van der Waals surface area (Å²) in [6.45, 7) is 1.08. The highest BCUT2D eigenvalue weighted by atomic mass is 19.2. The lowest BCUT2D eigenvalue weighted by Crippen LogP contribution is -2.48. The molecule has 0 radical (unpaired) electrons. The predicted molar refractivity (Wildman–Crippen MR) is 90.0 cm³/mol. The molecule has 4 nitrogen and oxygen atoms in total. The molecule has 2 amide bonds. The largest absolute Gasteiger partial charge is 0.349 e. The number of hydrogen-bond acceptors (Lipinski definition) is 2. The Morgan fingerprint density at radius 2 is 1.58 bits per heavy atom. The first-order valence-electron chi connectivity index (χ1n) is 9.20. The van der Waals surface area contributed by atoms with Crippen molar-refractivity contribution in [2.75, 3.05) is 13.1 Å². The quantitative estimate of drug-likeness (QED) is 0.832. The van der Waals surface area contributed by atoms with E-state index in [9.17, 15) is 22.8 Å². The van der Waals surface area contributed by atoms with Gasteiger partial charge in [0, 0.05) is 25.0 Å². The van der Waals surface area contributed by atoms with Crippen molar-refractivity contribution >= 4 is 11.8 Å². The Bertz CT molecular complexity index is 682. The van der Waals surface area contributed by atoms with E-state index in [-0.39, 0.29) is 17.9 Å². The van der Waals surface area contributed by atoms with Crippen LogP contribution < -0.4 is 5.32 Å². The van der Waals surface area contributed by atoms with Crippen LogP contribution in [0.25, 0.3) is 0 Å². The molecule has 0 unspecified atom stereocenters. The summed E-state index contributed by atoms with van der Waals surface area (Å²) in [7, 11) is 0. The minimum Gasteiger partial charge on any atom is -0.349 e. The minimum absolute atomic E-state index is 0.117. The van der Waals surface area contributed by atoms with Gasteiger partial charge in [-0.3, -0.25) is 9.59 Å². The van der Waals surface area contributed by atoms with E-state index in [1.54, 1.807) is 0 Å². The van der Waals surface area contributed by atoms with E-state index in [0.717, 1.165) is 37.8 Å². The molecule has 1 aromatic rings. The zero-order valence-corrected chi connectivity index (χ0v) is 14.6. The smallest absolute Gasteiger partial charge is 0.254 e. The number of carbonyl (C=O) groups excluding carboxylic acids is 2. The second-order valence-corrected chi connectivity index (χ2v) is 7.13. The molecule has 1 aliphatic carbocycles. The SMILES string of the molecule is O=C(NC1CCN(C(=O)C2CCCCC2)CC1)c1ccc(F)c(F)c1F. The van der Waals surface area contributed by atoms with E-state index in [0.29, 0.717) is 25.9 Å². The molecule has 26 heavy (non-hydrogen) atoms. The van der Waals surface area contributed by atoms with Gasteiger partial charge in [-0.2, -0.15) is 0 Å². The molecule has 3 rings (SSSR count). The van der Waals surface area contributed by atoms with Gasteiger partial charge in [0.25, 0.3) is 5.91 Å². The number of amides is 2. The monoisotopic (exact) mass is 368 g/mol. The van der Waals surface area contributed by atoms with E-state index in [1.807, 2.05) is 4.90 Å². The summed E-state index contributed by atoms with van der Waals surface area (Å²) in [5.74, 6) is -4.91. The highest BCUT2D eigenvalue weighted by Gasteiger charge is 2.30. The Balaban J connectivity index is 1.53. The topological polar surface area (TPSA) is 49.4 Å². The Morgan fingerprint density at radius 1 is 0.923 bits per heavy atom. The van der Waals surface area contributed by atoms with Gasteiger partial charge in [0.2, 0.25) is 5.91 Å². The summed E-state index contributed by atoms with van der Waals surface area (Å²) in [4.78, 5) is 26.5. The molecule has 1 N–H and O–H groups in total. The standard InChI is InChI=1S/C19H23F3N2O2/c20-15-7-6-14(16(21)17(15)22)18(25)23-13-8-10-24(11-9-13)19(26)12-4-2-1-3-5-12/h6-7,12-13H,1-5,8-11H2,(H,23,25). The summed E-state index contributed by atoms with van der Waals surface area (Å²) in [5, 5.41) is 2.66. The van der Waals surface area contributed by atoms with Crippen LogP contribution in [0.15, 0.2) is 12.1 Å². The molecule has 0 spiro atoms. The molecule has 1 saturated carbocycles. The van der Waals surface area contributed by atoms with Gasteiger partial charge >= 0.3 is 0 Å². The normalized spacial score (nSPS) is 19.4. The Hall–Kier alpha value is -2.05. The molecule has 1 heterocycles. The molecule has 1 aliphatic heterocycles. The number of carbonyl (C=O) groups is 2. The van der Waals surface area contributed by atoms with Crippen molar-refractivity contribution in [2.45, 2.75) is 51.0 Å². The van der Waals surface area contributed by atoms with Crippen LogP contribution in [-0.4, -0.2) is 35.8 Å². The van der Waals surface area contributed by atoms with Gasteiger partial charge in [0.15, 0.2) is 17.5 Å². The van der Waals surface area contributed by atoms with Crippen LogP contribution in [0.5, 0.6) is 0 Å². The van der Waals surface area contributed by atoms with Gasteiger partial charge in [-0.05, 0) is 37.8 Å². The van der Waals surface area contributed by atoms with Gasteiger partial charge in [-0.25, -0.2) is 13.2 Å². The van der Waals surface area contributed by atoms with Gasteiger partial charge in [-0.15, -0.1) is 0 Å². The van der Waals surface area contributed by atoms with Crippen LogP contribution in [0.3, 0.4) is 0 Å². The number of nitrogens with zero attached hydrogens (tertiary/aromatic N) is 1. The number of rotatable bonds is 3. The van der Waals surface area contributed by atoms with E-state index in [4.69, 9.17) is 0 Å². The maximum atomic E-state index is 13.7. The number of hydrogen-bond donors (Lipinski definition) is 1. The molecular formula is C19H23F3N2O2. The average molecular weight is 368 g/mol. The molecular weight excluding hydrogens is 345 g/mol. The Morgan fingerprint density at radius 3 is 2.23 bits per heavy atom. The number of nitrogens with one attached hydrogen (secondary N) is 1. The molecule has 0 bridgehead atoms. The minimum atomic E-state index is -1.65. The molecule has 142 valence electrons. The third-order valence-electron chi connectivity index (χ3n) is 5.38. The number of halogens is 3. The van der Waals surface area contributed by atoms with Crippen LogP contribution in [0.2, 0.25) is 0 Å². The predicted octanol–water partition coefficient (Wildman–Crippen LogP) is 3.41. The summed E-state index contributed by atoms with van der Waals surface area (Å²) >= 11 is 0.